The number of methoxy groups -OCH3 is 1. The van der Waals surface area contributed by atoms with E-state index in [4.69, 9.17) is 15.2 Å². The number of rotatable bonds is 3. The highest BCUT2D eigenvalue weighted by molar-refractivity contribution is 5.81. The van der Waals surface area contributed by atoms with E-state index in [-0.39, 0.29) is 12.4 Å². The molecule has 0 radical (unpaired) electrons. The van der Waals surface area contributed by atoms with Gasteiger partial charge in [-0.3, -0.25) is 4.57 Å². The average molecular weight is 281 g/mol. The predicted octanol–water partition coefficient (Wildman–Crippen LogP) is -1.33. The molecule has 4 N–H and O–H groups in total. The molecule has 1 aliphatic heterocycles. The summed E-state index contributed by atoms with van der Waals surface area (Å²) in [5.41, 5.74) is 6.66. The highest BCUT2D eigenvalue weighted by atomic mass is 16.6. The standard InChI is InChI=1S/C11H15N5O4/c1-19-8-7(18)5(2-17)20-11(8)16-4-15-6-9(12)13-3-14-10(6)16/h3-5,7-8,11,17-18H,2H2,1H3,(H2,12,13,14)/t5-,7?,8?,11-/m0/s1. The van der Waals surface area contributed by atoms with Crippen LogP contribution in [0.1, 0.15) is 6.23 Å². The molecule has 3 rings (SSSR count). The Balaban J connectivity index is 2.04. The highest BCUT2D eigenvalue weighted by Gasteiger charge is 2.45. The number of imidazole rings is 1. The quantitative estimate of drug-likeness (QED) is 0.631. The third-order valence-corrected chi connectivity index (χ3v) is 3.43. The van der Waals surface area contributed by atoms with Crippen molar-refractivity contribution in [3.63, 3.8) is 0 Å². The van der Waals surface area contributed by atoms with Crippen molar-refractivity contribution >= 4 is 17.0 Å². The molecular formula is C11H15N5O4. The Morgan fingerprint density at radius 3 is 2.95 bits per heavy atom. The van der Waals surface area contributed by atoms with Gasteiger partial charge in [0.05, 0.1) is 12.9 Å². The van der Waals surface area contributed by atoms with Crippen LogP contribution in [0.15, 0.2) is 12.7 Å². The SMILES string of the molecule is COC1C(O)[C@H](CO)O[C@@H]1n1cnc2c(N)ncnc21. The zero-order valence-electron chi connectivity index (χ0n) is 10.7. The number of anilines is 1. The minimum atomic E-state index is -0.938. The maximum atomic E-state index is 10.0. The molecule has 0 amide bonds. The fourth-order valence-corrected chi connectivity index (χ4v) is 2.40. The second-order valence-electron chi connectivity index (χ2n) is 4.52. The predicted molar refractivity (Wildman–Crippen MR) is 67.5 cm³/mol. The number of nitrogens with two attached hydrogens (primary N) is 1. The van der Waals surface area contributed by atoms with E-state index >= 15 is 0 Å². The van der Waals surface area contributed by atoms with Crippen molar-refractivity contribution in [1.29, 1.82) is 0 Å². The highest BCUT2D eigenvalue weighted by Crippen LogP contribution is 2.33. The Hall–Kier alpha value is -1.81. The first-order valence-electron chi connectivity index (χ1n) is 6.07. The van der Waals surface area contributed by atoms with Gasteiger partial charge >= 0.3 is 0 Å². The number of nitrogens with zero attached hydrogens (tertiary/aromatic N) is 4. The first-order chi connectivity index (χ1) is 9.67. The molecule has 1 fully saturated rings. The molecule has 1 saturated heterocycles. The van der Waals surface area contributed by atoms with Gasteiger partial charge in [0, 0.05) is 7.11 Å². The summed E-state index contributed by atoms with van der Waals surface area (Å²) >= 11 is 0. The minimum absolute atomic E-state index is 0.264. The van der Waals surface area contributed by atoms with E-state index < -0.39 is 24.5 Å². The molecule has 108 valence electrons. The lowest BCUT2D eigenvalue weighted by molar-refractivity contribution is -0.0583. The summed E-state index contributed by atoms with van der Waals surface area (Å²) in [6.07, 6.45) is -0.119. The largest absolute Gasteiger partial charge is 0.394 e. The fraction of sp³-hybridized carbons (Fsp3) is 0.545. The molecule has 0 bridgehead atoms. The van der Waals surface area contributed by atoms with Gasteiger partial charge in [-0.15, -0.1) is 0 Å². The van der Waals surface area contributed by atoms with Crippen molar-refractivity contribution < 1.29 is 19.7 Å². The molecule has 2 aromatic heterocycles. The van der Waals surface area contributed by atoms with Gasteiger partial charge in [0.15, 0.2) is 17.7 Å². The summed E-state index contributed by atoms with van der Waals surface area (Å²) in [6.45, 7) is -0.304. The average Bonchev–Trinajstić information content (AvgIpc) is 3.00. The minimum Gasteiger partial charge on any atom is -0.394 e. The van der Waals surface area contributed by atoms with Gasteiger partial charge in [0.2, 0.25) is 0 Å². The van der Waals surface area contributed by atoms with Crippen molar-refractivity contribution in [2.75, 3.05) is 19.5 Å². The van der Waals surface area contributed by atoms with Crippen LogP contribution < -0.4 is 5.73 Å². The van der Waals surface area contributed by atoms with Crippen LogP contribution in [0.5, 0.6) is 0 Å². The second-order valence-corrected chi connectivity index (χ2v) is 4.52. The van der Waals surface area contributed by atoms with Crippen LogP contribution in [0.3, 0.4) is 0 Å². The molecule has 3 heterocycles. The summed E-state index contributed by atoms with van der Waals surface area (Å²) in [5, 5.41) is 19.3. The van der Waals surface area contributed by atoms with Crippen LogP contribution >= 0.6 is 0 Å². The number of aromatic nitrogens is 4. The molecule has 2 unspecified atom stereocenters. The second kappa shape index (κ2) is 4.94. The van der Waals surface area contributed by atoms with Gasteiger partial charge in [-0.25, -0.2) is 15.0 Å². The van der Waals surface area contributed by atoms with Gasteiger partial charge < -0.3 is 25.4 Å². The van der Waals surface area contributed by atoms with Gasteiger partial charge in [-0.1, -0.05) is 0 Å². The maximum absolute atomic E-state index is 10.0. The maximum Gasteiger partial charge on any atom is 0.167 e. The first kappa shape index (κ1) is 13.2. The first-order valence-corrected chi connectivity index (χ1v) is 6.07. The van der Waals surface area contributed by atoms with Crippen LogP contribution in [0.25, 0.3) is 11.2 Å². The molecule has 2 aromatic rings. The van der Waals surface area contributed by atoms with Crippen molar-refractivity contribution in [2.45, 2.75) is 24.5 Å². The Morgan fingerprint density at radius 1 is 1.45 bits per heavy atom. The molecule has 9 nitrogen and oxygen atoms in total. The molecule has 0 saturated carbocycles. The van der Waals surface area contributed by atoms with E-state index in [0.717, 1.165) is 0 Å². The Labute approximate surface area is 114 Å². The number of hydrogen-bond donors (Lipinski definition) is 3. The van der Waals surface area contributed by atoms with Crippen molar-refractivity contribution in [1.82, 2.24) is 19.5 Å². The van der Waals surface area contributed by atoms with Crippen LogP contribution in [0.4, 0.5) is 5.82 Å². The Kier molecular flexibility index (Phi) is 3.26. The molecule has 4 atom stereocenters. The van der Waals surface area contributed by atoms with Gasteiger partial charge in [-0.05, 0) is 0 Å². The van der Waals surface area contributed by atoms with E-state index in [2.05, 4.69) is 15.0 Å². The molecular weight excluding hydrogens is 266 g/mol. The van der Waals surface area contributed by atoms with Crippen molar-refractivity contribution in [2.24, 2.45) is 0 Å². The summed E-state index contributed by atoms with van der Waals surface area (Å²) in [5.74, 6) is 0.264. The fourth-order valence-electron chi connectivity index (χ4n) is 2.40. The Bertz CT molecular complexity index is 618. The zero-order chi connectivity index (χ0) is 14.3. The summed E-state index contributed by atoms with van der Waals surface area (Å²) in [6, 6.07) is 0. The van der Waals surface area contributed by atoms with E-state index in [1.54, 1.807) is 4.57 Å². The molecule has 0 aromatic carbocycles. The third-order valence-electron chi connectivity index (χ3n) is 3.43. The number of fused-ring (bicyclic) bond motifs is 1. The number of hydrogen-bond acceptors (Lipinski definition) is 8. The lowest BCUT2D eigenvalue weighted by atomic mass is 10.1. The molecule has 20 heavy (non-hydrogen) atoms. The molecule has 0 aliphatic carbocycles. The van der Waals surface area contributed by atoms with Gasteiger partial charge in [0.1, 0.15) is 30.2 Å². The van der Waals surface area contributed by atoms with E-state index in [9.17, 15) is 10.2 Å². The third kappa shape index (κ3) is 1.83. The number of nitrogen functional groups attached to an aromatic ring is 1. The monoisotopic (exact) mass is 281 g/mol. The summed E-state index contributed by atoms with van der Waals surface area (Å²) in [4.78, 5) is 12.1. The van der Waals surface area contributed by atoms with E-state index in [1.165, 1.54) is 19.8 Å². The number of ether oxygens (including phenoxy) is 2. The summed E-state index contributed by atoms with van der Waals surface area (Å²) < 4.78 is 12.5. The lowest BCUT2D eigenvalue weighted by Crippen LogP contribution is -2.34. The smallest absolute Gasteiger partial charge is 0.167 e. The van der Waals surface area contributed by atoms with Crippen LogP contribution in [0.2, 0.25) is 0 Å². The number of aliphatic hydroxyl groups is 2. The van der Waals surface area contributed by atoms with Crippen molar-refractivity contribution in [3.05, 3.63) is 12.7 Å². The normalized spacial score (nSPS) is 30.1. The van der Waals surface area contributed by atoms with Crippen LogP contribution in [0, 0.1) is 0 Å². The Morgan fingerprint density at radius 2 is 2.25 bits per heavy atom. The zero-order valence-corrected chi connectivity index (χ0v) is 10.7. The molecule has 9 heteroatoms. The lowest BCUT2D eigenvalue weighted by Gasteiger charge is -2.19. The van der Waals surface area contributed by atoms with Crippen LogP contribution in [-0.2, 0) is 9.47 Å². The molecule has 0 spiro atoms. The van der Waals surface area contributed by atoms with Gasteiger partial charge in [-0.2, -0.15) is 0 Å². The van der Waals surface area contributed by atoms with Gasteiger partial charge in [0.25, 0.3) is 0 Å². The molecule has 1 aliphatic rings. The van der Waals surface area contributed by atoms with E-state index in [1.807, 2.05) is 0 Å². The van der Waals surface area contributed by atoms with Crippen LogP contribution in [-0.4, -0.2) is 61.8 Å². The topological polar surface area (TPSA) is 129 Å². The number of aliphatic hydroxyl groups excluding tert-OH is 2. The van der Waals surface area contributed by atoms with Crippen molar-refractivity contribution in [3.8, 4) is 0 Å². The van der Waals surface area contributed by atoms with E-state index in [0.29, 0.717) is 11.2 Å². The summed E-state index contributed by atoms with van der Waals surface area (Å²) in [7, 11) is 1.46.